The molecule has 0 N–H and O–H groups in total. The van der Waals surface area contributed by atoms with E-state index in [9.17, 15) is 27.3 Å². The summed E-state index contributed by atoms with van der Waals surface area (Å²) in [6.07, 6.45) is -1.01. The summed E-state index contributed by atoms with van der Waals surface area (Å²) in [5, 5.41) is 9.48. The van der Waals surface area contributed by atoms with Crippen LogP contribution in [0, 0.1) is 11.3 Å². The number of ether oxygens (including phenoxy) is 2. The third kappa shape index (κ3) is 3.01. The van der Waals surface area contributed by atoms with Crippen molar-refractivity contribution in [2.24, 2.45) is 0 Å². The number of hydrogen-bond acceptors (Lipinski definition) is 7. The minimum absolute atomic E-state index is 0.0131. The monoisotopic (exact) mass is 461 g/mol. The highest BCUT2D eigenvalue weighted by Gasteiger charge is 2.48. The Balaban J connectivity index is 1.59. The van der Waals surface area contributed by atoms with Crippen LogP contribution in [0.1, 0.15) is 41.3 Å². The Kier molecular flexibility index (Phi) is 4.27. The fraction of sp³-hybridized carbons (Fsp3) is 0.381. The molecule has 1 amide bonds. The Labute approximate surface area is 182 Å². The van der Waals surface area contributed by atoms with Crippen molar-refractivity contribution in [2.75, 3.05) is 17.2 Å². The van der Waals surface area contributed by atoms with Crippen molar-refractivity contribution in [3.8, 4) is 17.6 Å². The average Bonchev–Trinajstić information content (AvgIpc) is 3.50. The molecule has 166 valence electrons. The van der Waals surface area contributed by atoms with Crippen LogP contribution >= 0.6 is 0 Å². The number of anilines is 1. The van der Waals surface area contributed by atoms with Crippen molar-refractivity contribution in [3.63, 3.8) is 0 Å². The summed E-state index contributed by atoms with van der Waals surface area (Å²) in [4.78, 5) is 18.6. The van der Waals surface area contributed by atoms with E-state index in [1.807, 2.05) is 0 Å². The summed E-state index contributed by atoms with van der Waals surface area (Å²) < 4.78 is 61.7. The summed E-state index contributed by atoms with van der Waals surface area (Å²) >= 11 is 0. The highest BCUT2D eigenvalue weighted by Crippen LogP contribution is 2.49. The van der Waals surface area contributed by atoms with Crippen molar-refractivity contribution in [3.05, 3.63) is 41.1 Å². The zero-order valence-corrected chi connectivity index (χ0v) is 17.7. The zero-order valence-electron chi connectivity index (χ0n) is 16.9. The summed E-state index contributed by atoms with van der Waals surface area (Å²) in [6, 6.07) is 6.22. The van der Waals surface area contributed by atoms with Gasteiger partial charge >= 0.3 is 6.29 Å². The van der Waals surface area contributed by atoms with E-state index in [4.69, 9.17) is 0 Å². The molecule has 1 aromatic heterocycles. The first-order valence-electron chi connectivity index (χ1n) is 9.99. The number of nitrogens with zero attached hydrogens (tertiary/aromatic N) is 3. The van der Waals surface area contributed by atoms with Gasteiger partial charge in [0.25, 0.3) is 5.91 Å². The molecule has 1 saturated carbocycles. The van der Waals surface area contributed by atoms with Crippen LogP contribution in [0.5, 0.6) is 11.5 Å². The lowest BCUT2D eigenvalue weighted by Crippen LogP contribution is -2.39. The zero-order chi connectivity index (χ0) is 22.9. The molecule has 5 rings (SSSR count). The number of benzene rings is 1. The van der Waals surface area contributed by atoms with Gasteiger partial charge in [0.05, 0.1) is 17.2 Å². The molecule has 0 bridgehead atoms. The number of fused-ring (bicyclic) bond motifs is 3. The van der Waals surface area contributed by atoms with E-state index in [1.54, 1.807) is 0 Å². The van der Waals surface area contributed by atoms with Crippen molar-refractivity contribution in [2.45, 2.75) is 42.8 Å². The maximum absolute atomic E-state index is 13.5. The van der Waals surface area contributed by atoms with Crippen LogP contribution in [0.3, 0.4) is 0 Å². The summed E-state index contributed by atoms with van der Waals surface area (Å²) in [5.41, 5.74) is 0.147. The van der Waals surface area contributed by atoms with Gasteiger partial charge in [0.15, 0.2) is 27.2 Å². The normalized spacial score (nSPS) is 19.9. The van der Waals surface area contributed by atoms with Gasteiger partial charge in [-0.15, -0.1) is 8.78 Å². The number of aromatic nitrogens is 1. The van der Waals surface area contributed by atoms with E-state index in [0.717, 1.165) is 0 Å². The van der Waals surface area contributed by atoms with Crippen LogP contribution in [-0.2, 0) is 21.7 Å². The van der Waals surface area contributed by atoms with Gasteiger partial charge in [-0.2, -0.15) is 5.26 Å². The van der Waals surface area contributed by atoms with E-state index in [-0.39, 0.29) is 52.1 Å². The van der Waals surface area contributed by atoms with Gasteiger partial charge in [-0.3, -0.25) is 9.69 Å². The number of carbonyl (C=O) groups excluding carboxylic acids is 1. The molecular formula is C21H17F2N3O5S. The van der Waals surface area contributed by atoms with Gasteiger partial charge in [0.2, 0.25) is 0 Å². The molecule has 0 spiro atoms. The van der Waals surface area contributed by atoms with Crippen LogP contribution < -0.4 is 14.4 Å². The molecule has 0 unspecified atom stereocenters. The highest BCUT2D eigenvalue weighted by molar-refractivity contribution is 7.91. The van der Waals surface area contributed by atoms with E-state index in [0.29, 0.717) is 18.4 Å². The molecule has 0 radical (unpaired) electrons. The Morgan fingerprint density at radius 3 is 2.69 bits per heavy atom. The van der Waals surface area contributed by atoms with Crippen LogP contribution in [0.15, 0.2) is 29.3 Å². The van der Waals surface area contributed by atoms with Crippen LogP contribution in [0.4, 0.5) is 14.6 Å². The van der Waals surface area contributed by atoms with Crippen molar-refractivity contribution in [1.82, 2.24) is 4.98 Å². The van der Waals surface area contributed by atoms with E-state index >= 15 is 0 Å². The lowest BCUT2D eigenvalue weighted by Gasteiger charge is -2.29. The molecule has 8 nitrogen and oxygen atoms in total. The molecule has 11 heteroatoms. The molecule has 3 heterocycles. The number of halogens is 2. The smallest absolute Gasteiger partial charge is 0.395 e. The second-order valence-corrected chi connectivity index (χ2v) is 10.2. The molecule has 1 aromatic carbocycles. The quantitative estimate of drug-likeness (QED) is 0.689. The van der Waals surface area contributed by atoms with Crippen molar-refractivity contribution < 1.29 is 31.5 Å². The lowest BCUT2D eigenvalue weighted by atomic mass is 9.97. The molecule has 2 aliphatic heterocycles. The fourth-order valence-electron chi connectivity index (χ4n) is 4.06. The molecular weight excluding hydrogens is 444 g/mol. The first kappa shape index (κ1) is 20.6. The SMILES string of the molecule is CCS(=O)(=O)c1cc(C2(C#N)CC2)cnc1N1CCc2c(ccc3c2OC(F)(F)O3)C1=O. The Morgan fingerprint density at radius 2 is 2.03 bits per heavy atom. The Hall–Kier alpha value is -3.26. The summed E-state index contributed by atoms with van der Waals surface area (Å²) in [7, 11) is -3.78. The van der Waals surface area contributed by atoms with Crippen LogP contribution in [0.2, 0.25) is 0 Å². The number of sulfone groups is 1. The molecule has 0 saturated heterocycles. The van der Waals surface area contributed by atoms with E-state index in [2.05, 4.69) is 20.5 Å². The summed E-state index contributed by atoms with van der Waals surface area (Å²) in [5.74, 6) is -1.17. The van der Waals surface area contributed by atoms with Crippen molar-refractivity contribution in [1.29, 1.82) is 5.26 Å². The Morgan fingerprint density at radius 1 is 1.28 bits per heavy atom. The van der Waals surface area contributed by atoms with Gasteiger partial charge in [-0.05, 0) is 43.0 Å². The number of amides is 1. The molecule has 1 aliphatic carbocycles. The fourth-order valence-corrected chi connectivity index (χ4v) is 5.12. The number of pyridine rings is 1. The minimum Gasteiger partial charge on any atom is -0.395 e. The van der Waals surface area contributed by atoms with Crippen molar-refractivity contribution >= 4 is 21.6 Å². The second kappa shape index (κ2) is 6.62. The first-order valence-corrected chi connectivity index (χ1v) is 11.6. The van der Waals surface area contributed by atoms with Crippen LogP contribution in [-0.4, -0.2) is 37.9 Å². The molecule has 1 fully saturated rings. The van der Waals surface area contributed by atoms with Gasteiger partial charge in [-0.1, -0.05) is 6.92 Å². The van der Waals surface area contributed by atoms with Gasteiger partial charge in [-0.25, -0.2) is 13.4 Å². The molecule has 3 aliphatic rings. The average molecular weight is 461 g/mol. The third-order valence-electron chi connectivity index (χ3n) is 6.06. The summed E-state index contributed by atoms with van der Waals surface area (Å²) in [6.45, 7) is 1.50. The number of carbonyl (C=O) groups is 1. The number of hydrogen-bond donors (Lipinski definition) is 0. The molecule has 0 atom stereocenters. The molecule has 32 heavy (non-hydrogen) atoms. The van der Waals surface area contributed by atoms with E-state index in [1.165, 1.54) is 36.2 Å². The maximum atomic E-state index is 13.5. The van der Waals surface area contributed by atoms with Gasteiger partial charge < -0.3 is 9.47 Å². The topological polar surface area (TPSA) is 110 Å². The maximum Gasteiger partial charge on any atom is 0.586 e. The van der Waals surface area contributed by atoms with Crippen LogP contribution in [0.25, 0.3) is 0 Å². The predicted octanol–water partition coefficient (Wildman–Crippen LogP) is 2.95. The Bertz CT molecular complexity index is 1320. The molecule has 2 aromatic rings. The first-order chi connectivity index (χ1) is 15.1. The standard InChI is InChI=1S/C21H17F2N3O5S/c1-2-32(28,29)16-9-12(20(11-24)6-7-20)10-25-18(16)26-8-5-13-14(19(26)27)3-4-15-17(13)31-21(22,23)30-15/h3-4,9-10H,2,5-8H2,1H3. The number of alkyl halides is 2. The highest BCUT2D eigenvalue weighted by atomic mass is 32.2. The lowest BCUT2D eigenvalue weighted by molar-refractivity contribution is -0.286. The van der Waals surface area contributed by atoms with E-state index < -0.39 is 27.5 Å². The minimum atomic E-state index is -3.81. The predicted molar refractivity (Wildman–Crippen MR) is 107 cm³/mol. The largest absolute Gasteiger partial charge is 0.586 e. The van der Waals surface area contributed by atoms with Gasteiger partial charge in [0, 0.05) is 23.9 Å². The number of nitriles is 1. The second-order valence-electron chi connectivity index (χ2n) is 7.94. The number of rotatable bonds is 4. The third-order valence-corrected chi connectivity index (χ3v) is 7.79. The van der Waals surface area contributed by atoms with Gasteiger partial charge in [0.1, 0.15) is 4.90 Å².